The molecule has 0 saturated heterocycles. The number of nitriles is 1. The van der Waals surface area contributed by atoms with Gasteiger partial charge in [-0.05, 0) is 43.7 Å². The highest BCUT2D eigenvalue weighted by molar-refractivity contribution is 6.33. The number of fused-ring (bicyclic) bond motifs is 1. The molecule has 0 aliphatic carbocycles. The molecular formula is C17H13ClN2O2. The van der Waals surface area contributed by atoms with Crippen LogP contribution in [0.2, 0.25) is 5.02 Å². The van der Waals surface area contributed by atoms with E-state index in [9.17, 15) is 4.79 Å². The summed E-state index contributed by atoms with van der Waals surface area (Å²) in [6.07, 6.45) is -0.493. The third kappa shape index (κ3) is 2.40. The molecule has 4 nitrogen and oxygen atoms in total. The summed E-state index contributed by atoms with van der Waals surface area (Å²) >= 11 is 6.36. The van der Waals surface area contributed by atoms with Gasteiger partial charge in [0.25, 0.3) is 0 Å². The first kappa shape index (κ1) is 14.4. The number of carbonyl (C=O) groups is 1. The number of nitrogens with zero attached hydrogens (tertiary/aromatic N) is 1. The summed E-state index contributed by atoms with van der Waals surface area (Å²) in [5.41, 5.74) is 2.95. The van der Waals surface area contributed by atoms with Crippen molar-refractivity contribution in [1.82, 2.24) is 0 Å². The van der Waals surface area contributed by atoms with E-state index in [-0.39, 0.29) is 0 Å². The first-order chi connectivity index (χ1) is 10.4. The Morgan fingerprint density at radius 2 is 2.05 bits per heavy atom. The summed E-state index contributed by atoms with van der Waals surface area (Å²) in [4.78, 5) is 11.6. The van der Waals surface area contributed by atoms with Crippen LogP contribution in [-0.4, -0.2) is 6.09 Å². The molecule has 1 N–H and O–H groups in total. The Labute approximate surface area is 133 Å². The molecule has 0 atom stereocenters. The zero-order valence-corrected chi connectivity index (χ0v) is 12.9. The second kappa shape index (κ2) is 5.04. The minimum Gasteiger partial charge on any atom is -0.438 e. The number of cyclic esters (lactones) is 1. The van der Waals surface area contributed by atoms with Crippen molar-refractivity contribution < 1.29 is 9.53 Å². The lowest BCUT2D eigenvalue weighted by atomic mass is 9.91. The molecule has 1 aliphatic heterocycles. The van der Waals surface area contributed by atoms with Crippen molar-refractivity contribution in [1.29, 1.82) is 5.26 Å². The van der Waals surface area contributed by atoms with Gasteiger partial charge in [-0.2, -0.15) is 5.26 Å². The molecule has 2 aromatic rings. The van der Waals surface area contributed by atoms with Crippen molar-refractivity contribution in [2.45, 2.75) is 19.4 Å². The van der Waals surface area contributed by atoms with E-state index in [1.54, 1.807) is 18.2 Å². The molecule has 1 aliphatic rings. The Hall–Kier alpha value is -2.51. The second-order valence-electron chi connectivity index (χ2n) is 5.60. The van der Waals surface area contributed by atoms with Gasteiger partial charge in [0.05, 0.1) is 22.3 Å². The molecule has 1 heterocycles. The van der Waals surface area contributed by atoms with Gasteiger partial charge in [-0.3, -0.25) is 5.32 Å². The lowest BCUT2D eigenvalue weighted by Gasteiger charge is -2.33. The van der Waals surface area contributed by atoms with Crippen molar-refractivity contribution in [3.05, 3.63) is 52.5 Å². The second-order valence-corrected chi connectivity index (χ2v) is 6.00. The van der Waals surface area contributed by atoms with Crippen LogP contribution in [0.25, 0.3) is 11.1 Å². The molecule has 0 bridgehead atoms. The predicted octanol–water partition coefficient (Wildman–Crippen LogP) is 4.68. The largest absolute Gasteiger partial charge is 0.438 e. The Morgan fingerprint density at radius 3 is 2.77 bits per heavy atom. The maximum atomic E-state index is 11.6. The van der Waals surface area contributed by atoms with Crippen LogP contribution in [0.1, 0.15) is 25.0 Å². The van der Waals surface area contributed by atoms with Crippen LogP contribution in [0.15, 0.2) is 36.4 Å². The molecule has 3 rings (SSSR count). The van der Waals surface area contributed by atoms with E-state index in [4.69, 9.17) is 21.6 Å². The van der Waals surface area contributed by atoms with Crippen LogP contribution < -0.4 is 5.32 Å². The molecule has 1 amide bonds. The molecule has 0 saturated carbocycles. The van der Waals surface area contributed by atoms with Gasteiger partial charge in [0.2, 0.25) is 0 Å². The fourth-order valence-electron chi connectivity index (χ4n) is 2.57. The van der Waals surface area contributed by atoms with Crippen molar-refractivity contribution in [2.75, 3.05) is 5.32 Å². The normalized spacial score (nSPS) is 15.3. The highest BCUT2D eigenvalue weighted by atomic mass is 35.5. The van der Waals surface area contributed by atoms with Gasteiger partial charge < -0.3 is 4.74 Å². The minimum atomic E-state index is -0.746. The number of hydrogen-bond donors (Lipinski definition) is 1. The number of halogens is 1. The molecule has 2 aromatic carbocycles. The summed E-state index contributed by atoms with van der Waals surface area (Å²) in [6, 6.07) is 13.0. The average Bonchev–Trinajstić information content (AvgIpc) is 2.45. The van der Waals surface area contributed by atoms with E-state index in [2.05, 4.69) is 11.4 Å². The number of ether oxygens (including phenoxy) is 1. The monoisotopic (exact) mass is 312 g/mol. The maximum absolute atomic E-state index is 11.6. The van der Waals surface area contributed by atoms with Gasteiger partial charge in [0.15, 0.2) is 0 Å². The highest BCUT2D eigenvalue weighted by Crippen LogP contribution is 2.41. The van der Waals surface area contributed by atoms with Crippen molar-refractivity contribution in [3.63, 3.8) is 0 Å². The number of benzene rings is 2. The minimum absolute atomic E-state index is 0.493. The summed E-state index contributed by atoms with van der Waals surface area (Å²) in [6.45, 7) is 3.65. The number of carbonyl (C=O) groups excluding carboxylic acids is 1. The van der Waals surface area contributed by atoms with E-state index in [1.807, 2.05) is 32.0 Å². The smallest absolute Gasteiger partial charge is 0.412 e. The van der Waals surface area contributed by atoms with Crippen molar-refractivity contribution >= 4 is 23.4 Å². The molecule has 110 valence electrons. The van der Waals surface area contributed by atoms with E-state index in [0.29, 0.717) is 16.3 Å². The average molecular weight is 313 g/mol. The zero-order chi connectivity index (χ0) is 15.9. The van der Waals surface area contributed by atoms with Gasteiger partial charge in [-0.15, -0.1) is 0 Å². The van der Waals surface area contributed by atoms with Gasteiger partial charge in [0.1, 0.15) is 5.60 Å². The van der Waals surface area contributed by atoms with Crippen LogP contribution in [0.5, 0.6) is 0 Å². The van der Waals surface area contributed by atoms with Crippen molar-refractivity contribution in [3.8, 4) is 17.2 Å². The number of amides is 1. The maximum Gasteiger partial charge on any atom is 0.412 e. The SMILES string of the molecule is CC1(C)OC(=O)Nc2cc(Cl)c(-c3cccc(C#N)c3)cc21. The Kier molecular flexibility index (Phi) is 3.31. The Morgan fingerprint density at radius 1 is 1.27 bits per heavy atom. The quantitative estimate of drug-likeness (QED) is 0.832. The van der Waals surface area contributed by atoms with Gasteiger partial charge in [0, 0.05) is 11.1 Å². The first-order valence-electron chi connectivity index (χ1n) is 6.75. The van der Waals surface area contributed by atoms with Crippen LogP contribution in [0.3, 0.4) is 0 Å². The van der Waals surface area contributed by atoms with E-state index >= 15 is 0 Å². The molecule has 22 heavy (non-hydrogen) atoms. The summed E-state index contributed by atoms with van der Waals surface area (Å²) in [5, 5.41) is 12.2. The number of rotatable bonds is 1. The molecule has 0 spiro atoms. The number of hydrogen-bond acceptors (Lipinski definition) is 3. The first-order valence-corrected chi connectivity index (χ1v) is 7.13. The van der Waals surface area contributed by atoms with Crippen LogP contribution in [0, 0.1) is 11.3 Å². The van der Waals surface area contributed by atoms with E-state index in [1.165, 1.54) is 0 Å². The van der Waals surface area contributed by atoms with Crippen LogP contribution in [0.4, 0.5) is 10.5 Å². The van der Waals surface area contributed by atoms with Crippen molar-refractivity contribution in [2.24, 2.45) is 0 Å². The molecule has 0 radical (unpaired) electrons. The molecule has 0 unspecified atom stereocenters. The zero-order valence-electron chi connectivity index (χ0n) is 12.1. The third-order valence-electron chi connectivity index (χ3n) is 3.64. The number of anilines is 1. The molecule has 0 aromatic heterocycles. The van der Waals surface area contributed by atoms with Crippen LogP contribution in [-0.2, 0) is 10.3 Å². The third-order valence-corrected chi connectivity index (χ3v) is 3.96. The topological polar surface area (TPSA) is 62.1 Å². The lowest BCUT2D eigenvalue weighted by Crippen LogP contribution is -2.34. The van der Waals surface area contributed by atoms with Gasteiger partial charge in [-0.25, -0.2) is 4.79 Å². The molecular weight excluding hydrogens is 300 g/mol. The fraction of sp³-hybridized carbons (Fsp3) is 0.176. The predicted molar refractivity (Wildman–Crippen MR) is 84.7 cm³/mol. The van der Waals surface area contributed by atoms with Gasteiger partial charge in [-0.1, -0.05) is 23.7 Å². The lowest BCUT2D eigenvalue weighted by molar-refractivity contribution is 0.0421. The summed E-state index contributed by atoms with van der Waals surface area (Å²) < 4.78 is 5.33. The highest BCUT2D eigenvalue weighted by Gasteiger charge is 2.34. The summed E-state index contributed by atoms with van der Waals surface area (Å²) in [5.74, 6) is 0. The fourth-order valence-corrected chi connectivity index (χ4v) is 2.85. The number of nitrogens with one attached hydrogen (secondary N) is 1. The van der Waals surface area contributed by atoms with Crippen LogP contribution >= 0.6 is 11.6 Å². The van der Waals surface area contributed by atoms with E-state index < -0.39 is 11.7 Å². The molecule has 0 fully saturated rings. The van der Waals surface area contributed by atoms with Gasteiger partial charge >= 0.3 is 6.09 Å². The Balaban J connectivity index is 2.19. The molecule has 5 heteroatoms. The summed E-state index contributed by atoms with van der Waals surface area (Å²) in [7, 11) is 0. The standard InChI is InChI=1S/C17H13ClN2O2/c1-17(2)13-7-12(11-5-3-4-10(6-11)9-19)14(18)8-15(13)20-16(21)22-17/h3-8H,1-2H3,(H,20,21). The Bertz CT molecular complexity index is 822. The van der Waals surface area contributed by atoms with E-state index in [0.717, 1.165) is 16.7 Å².